The van der Waals surface area contributed by atoms with Gasteiger partial charge < -0.3 is 14.6 Å². The van der Waals surface area contributed by atoms with Crippen LogP contribution in [0.3, 0.4) is 0 Å². The lowest BCUT2D eigenvalue weighted by Crippen LogP contribution is -2.23. The predicted octanol–water partition coefficient (Wildman–Crippen LogP) is 0.168. The van der Waals surface area contributed by atoms with Crippen LogP contribution in [0.1, 0.15) is 18.4 Å². The molecule has 96 valence electrons. The van der Waals surface area contributed by atoms with Crippen molar-refractivity contribution in [2.24, 2.45) is 0 Å². The molecule has 7 heteroatoms. The summed E-state index contributed by atoms with van der Waals surface area (Å²) < 4.78 is 4.73. The molecule has 0 atom stereocenters. The molecule has 0 aliphatic carbocycles. The van der Waals surface area contributed by atoms with Gasteiger partial charge in [0.1, 0.15) is 6.61 Å². The first-order chi connectivity index (χ1) is 8.50. The summed E-state index contributed by atoms with van der Waals surface area (Å²) >= 11 is 0. The van der Waals surface area contributed by atoms with Crippen molar-refractivity contribution in [1.29, 1.82) is 0 Å². The van der Waals surface area contributed by atoms with Crippen molar-refractivity contribution in [3.63, 3.8) is 0 Å². The topological polar surface area (TPSA) is 110 Å². The third-order valence-corrected chi connectivity index (χ3v) is 2.11. The van der Waals surface area contributed by atoms with Gasteiger partial charge in [-0.2, -0.15) is 0 Å². The summed E-state index contributed by atoms with van der Waals surface area (Å²) in [5.41, 5.74) is 0.106. The van der Waals surface area contributed by atoms with E-state index in [1.54, 1.807) is 6.07 Å². The number of ether oxygens (including phenoxy) is 1. The molecule has 18 heavy (non-hydrogen) atoms. The Kier molecular flexibility index (Phi) is 4.79. The number of carbonyl (C=O) groups is 2. The standard InChI is InChI=1S/C11H11NO6/c13-10(14)5-6-11(15)18-7-8-3-1-2-4-9(8)12(16)17/h1-4H,5-7H2,(H,13,14)/p-1. The molecule has 0 bridgehead atoms. The van der Waals surface area contributed by atoms with Crippen molar-refractivity contribution in [3.8, 4) is 0 Å². The number of hydrogen-bond acceptors (Lipinski definition) is 6. The summed E-state index contributed by atoms with van der Waals surface area (Å²) in [6, 6.07) is 5.84. The number of nitro groups is 1. The molecule has 0 N–H and O–H groups in total. The maximum Gasteiger partial charge on any atom is 0.306 e. The first kappa shape index (κ1) is 13.6. The molecule has 0 aliphatic rings. The molecule has 0 aliphatic heterocycles. The Balaban J connectivity index is 2.56. The van der Waals surface area contributed by atoms with Gasteiger partial charge in [-0.05, 0) is 12.5 Å². The van der Waals surface area contributed by atoms with Gasteiger partial charge in [0, 0.05) is 12.0 Å². The fourth-order valence-electron chi connectivity index (χ4n) is 1.25. The Morgan fingerprint density at radius 2 is 1.89 bits per heavy atom. The molecule has 0 fully saturated rings. The number of carbonyl (C=O) groups excluding carboxylic acids is 2. The highest BCUT2D eigenvalue weighted by molar-refractivity contribution is 5.75. The van der Waals surface area contributed by atoms with Gasteiger partial charge in [-0.3, -0.25) is 14.9 Å². The highest BCUT2D eigenvalue weighted by atomic mass is 16.6. The molecule has 1 rings (SSSR count). The highest BCUT2D eigenvalue weighted by Gasteiger charge is 2.13. The first-order valence-electron chi connectivity index (χ1n) is 5.08. The summed E-state index contributed by atoms with van der Waals surface area (Å²) in [5.74, 6) is -2.09. The number of esters is 1. The predicted molar refractivity (Wildman–Crippen MR) is 57.1 cm³/mol. The number of nitrogens with zero attached hydrogens (tertiary/aromatic N) is 1. The zero-order valence-electron chi connectivity index (χ0n) is 9.33. The van der Waals surface area contributed by atoms with Crippen LogP contribution in [0.5, 0.6) is 0 Å². The van der Waals surface area contributed by atoms with E-state index in [2.05, 4.69) is 0 Å². The van der Waals surface area contributed by atoms with Crippen LogP contribution >= 0.6 is 0 Å². The zero-order chi connectivity index (χ0) is 13.5. The van der Waals surface area contributed by atoms with E-state index in [4.69, 9.17) is 4.74 Å². The number of carboxylic acids is 1. The van der Waals surface area contributed by atoms with Gasteiger partial charge in [-0.25, -0.2) is 0 Å². The molecule has 1 aromatic rings. The van der Waals surface area contributed by atoms with Crippen LogP contribution in [-0.4, -0.2) is 16.9 Å². The first-order valence-corrected chi connectivity index (χ1v) is 5.08. The second-order valence-corrected chi connectivity index (χ2v) is 3.42. The average Bonchev–Trinajstić information content (AvgIpc) is 2.34. The summed E-state index contributed by atoms with van der Waals surface area (Å²) in [6.07, 6.45) is -0.751. The van der Waals surface area contributed by atoms with Crippen molar-refractivity contribution >= 4 is 17.6 Å². The van der Waals surface area contributed by atoms with E-state index < -0.39 is 23.3 Å². The van der Waals surface area contributed by atoms with Crippen molar-refractivity contribution in [2.75, 3.05) is 0 Å². The summed E-state index contributed by atoms with van der Waals surface area (Å²) in [4.78, 5) is 31.3. The normalized spacial score (nSPS) is 9.78. The van der Waals surface area contributed by atoms with Gasteiger partial charge in [0.25, 0.3) is 5.69 Å². The smallest absolute Gasteiger partial charge is 0.306 e. The van der Waals surface area contributed by atoms with E-state index in [9.17, 15) is 24.8 Å². The quantitative estimate of drug-likeness (QED) is 0.405. The fourth-order valence-corrected chi connectivity index (χ4v) is 1.25. The van der Waals surface area contributed by atoms with Crippen LogP contribution in [0.4, 0.5) is 5.69 Å². The van der Waals surface area contributed by atoms with Crippen LogP contribution in [-0.2, 0) is 20.9 Å². The molecule has 7 nitrogen and oxygen atoms in total. The van der Waals surface area contributed by atoms with E-state index >= 15 is 0 Å². The van der Waals surface area contributed by atoms with Crippen LogP contribution in [0.25, 0.3) is 0 Å². The van der Waals surface area contributed by atoms with Crippen molar-refractivity contribution < 1.29 is 24.4 Å². The van der Waals surface area contributed by atoms with Crippen LogP contribution in [0, 0.1) is 10.1 Å². The minimum atomic E-state index is -1.35. The lowest BCUT2D eigenvalue weighted by atomic mass is 10.2. The lowest BCUT2D eigenvalue weighted by Gasteiger charge is -2.05. The third-order valence-electron chi connectivity index (χ3n) is 2.11. The monoisotopic (exact) mass is 252 g/mol. The largest absolute Gasteiger partial charge is 0.550 e. The molecule has 0 saturated carbocycles. The van der Waals surface area contributed by atoms with E-state index in [0.29, 0.717) is 0 Å². The summed E-state index contributed by atoms with van der Waals surface area (Å²) in [6.45, 7) is -0.261. The molecule has 0 spiro atoms. The number of rotatable bonds is 6. The Morgan fingerprint density at radius 1 is 1.22 bits per heavy atom. The van der Waals surface area contributed by atoms with E-state index in [1.165, 1.54) is 18.2 Å². The Bertz CT molecular complexity index is 470. The zero-order valence-corrected chi connectivity index (χ0v) is 9.33. The number of nitro benzene ring substituents is 1. The molecular weight excluding hydrogens is 242 g/mol. The van der Waals surface area contributed by atoms with Crippen LogP contribution in [0.2, 0.25) is 0 Å². The molecular formula is C11H10NO6-. The van der Waals surface area contributed by atoms with Gasteiger partial charge in [-0.15, -0.1) is 0 Å². The van der Waals surface area contributed by atoms with Gasteiger partial charge in [0.15, 0.2) is 0 Å². The van der Waals surface area contributed by atoms with Crippen molar-refractivity contribution in [2.45, 2.75) is 19.4 Å². The SMILES string of the molecule is O=C([O-])CCC(=O)OCc1ccccc1[N+](=O)[O-]. The van der Waals surface area contributed by atoms with E-state index in [0.717, 1.165) is 0 Å². The van der Waals surface area contributed by atoms with Crippen molar-refractivity contribution in [1.82, 2.24) is 0 Å². The maximum atomic E-state index is 11.1. The Morgan fingerprint density at radius 3 is 2.50 bits per heavy atom. The maximum absolute atomic E-state index is 11.1. The molecule has 0 unspecified atom stereocenters. The number of para-hydroxylation sites is 1. The molecule has 0 heterocycles. The lowest BCUT2D eigenvalue weighted by molar-refractivity contribution is -0.385. The number of carboxylic acid groups (broad SMARTS) is 1. The summed E-state index contributed by atoms with van der Waals surface area (Å²) in [7, 11) is 0. The van der Waals surface area contributed by atoms with Crippen molar-refractivity contribution in [3.05, 3.63) is 39.9 Å². The van der Waals surface area contributed by atoms with Crippen LogP contribution in [0.15, 0.2) is 24.3 Å². The van der Waals surface area contributed by atoms with E-state index in [-0.39, 0.29) is 24.3 Å². The Hall–Kier alpha value is -2.44. The van der Waals surface area contributed by atoms with Gasteiger partial charge in [0.2, 0.25) is 0 Å². The third kappa shape index (κ3) is 4.20. The molecule has 0 radical (unpaired) electrons. The molecule has 0 saturated heterocycles. The number of benzene rings is 1. The number of aliphatic carboxylic acids is 1. The average molecular weight is 252 g/mol. The second-order valence-electron chi connectivity index (χ2n) is 3.42. The van der Waals surface area contributed by atoms with Gasteiger partial charge >= 0.3 is 5.97 Å². The fraction of sp³-hybridized carbons (Fsp3) is 0.273. The van der Waals surface area contributed by atoms with Gasteiger partial charge in [0.05, 0.1) is 16.9 Å². The molecule has 0 aromatic heterocycles. The Labute approximate surface area is 102 Å². The highest BCUT2D eigenvalue weighted by Crippen LogP contribution is 2.18. The second kappa shape index (κ2) is 6.33. The van der Waals surface area contributed by atoms with Gasteiger partial charge in [-0.1, -0.05) is 12.1 Å². The van der Waals surface area contributed by atoms with E-state index in [1.807, 2.05) is 0 Å². The van der Waals surface area contributed by atoms with Crippen LogP contribution < -0.4 is 5.11 Å². The molecule has 0 amide bonds. The number of hydrogen-bond donors (Lipinski definition) is 0. The molecule has 1 aromatic carbocycles. The minimum absolute atomic E-state index is 0.148. The minimum Gasteiger partial charge on any atom is -0.550 e. The summed E-state index contributed by atoms with van der Waals surface area (Å²) in [5, 5.41) is 20.8.